The minimum absolute atomic E-state index is 0.0319. The summed E-state index contributed by atoms with van der Waals surface area (Å²) in [5, 5.41) is 14.2. The van der Waals surface area contributed by atoms with Crippen LogP contribution in [0.15, 0.2) is 58.8 Å². The van der Waals surface area contributed by atoms with Crippen LogP contribution in [0, 0.1) is 0 Å². The molecule has 0 spiro atoms. The number of nitrogens with one attached hydrogen (secondary N) is 1. The van der Waals surface area contributed by atoms with Crippen LogP contribution in [0.5, 0.6) is 5.19 Å². The van der Waals surface area contributed by atoms with E-state index in [9.17, 15) is 31.5 Å². The lowest BCUT2D eigenvalue weighted by atomic mass is 10.1. The Kier molecular flexibility index (Phi) is 8.51. The van der Waals surface area contributed by atoms with E-state index in [4.69, 9.17) is 4.74 Å². The number of benzene rings is 2. The fourth-order valence-corrected chi connectivity index (χ4v) is 4.64. The van der Waals surface area contributed by atoms with Crippen LogP contribution in [0.2, 0.25) is 0 Å². The van der Waals surface area contributed by atoms with Gasteiger partial charge < -0.3 is 15.2 Å². The summed E-state index contributed by atoms with van der Waals surface area (Å²) < 4.78 is 65.7. The molecule has 0 aliphatic carbocycles. The molecule has 1 aromatic heterocycles. The van der Waals surface area contributed by atoms with Gasteiger partial charge in [-0.25, -0.2) is 13.4 Å². The molecule has 12 heteroatoms. The van der Waals surface area contributed by atoms with E-state index in [1.54, 1.807) is 48.7 Å². The second-order valence-corrected chi connectivity index (χ2v) is 10.6. The highest BCUT2D eigenvalue weighted by molar-refractivity contribution is 7.91. The summed E-state index contributed by atoms with van der Waals surface area (Å²) in [6, 6.07) is 11.6. The van der Waals surface area contributed by atoms with Crippen molar-refractivity contribution >= 4 is 27.1 Å². The molecule has 35 heavy (non-hydrogen) atoms. The molecule has 2 N–H and O–H groups in total. The minimum Gasteiger partial charge on any atom is -0.470 e. The van der Waals surface area contributed by atoms with Crippen LogP contribution in [-0.4, -0.2) is 49.6 Å². The van der Waals surface area contributed by atoms with E-state index in [1.807, 2.05) is 0 Å². The lowest BCUT2D eigenvalue weighted by Gasteiger charge is -2.17. The summed E-state index contributed by atoms with van der Waals surface area (Å²) in [5.41, 5.74) is 2.01. The summed E-state index contributed by atoms with van der Waals surface area (Å²) in [6.07, 6.45) is -5.37. The zero-order valence-electron chi connectivity index (χ0n) is 18.6. The van der Waals surface area contributed by atoms with Gasteiger partial charge in [0, 0.05) is 16.5 Å². The third kappa shape index (κ3) is 7.26. The number of carbonyl (C=O) groups excluding carboxylic acids is 1. The number of ether oxygens (including phenoxy) is 1. The fourth-order valence-electron chi connectivity index (χ4n) is 3.05. The molecule has 7 nitrogen and oxygen atoms in total. The van der Waals surface area contributed by atoms with Gasteiger partial charge in [-0.3, -0.25) is 4.79 Å². The van der Waals surface area contributed by atoms with Crippen LogP contribution < -0.4 is 10.1 Å². The third-order valence-electron chi connectivity index (χ3n) is 5.05. The van der Waals surface area contributed by atoms with Crippen LogP contribution in [0.25, 0.3) is 11.3 Å². The van der Waals surface area contributed by atoms with Crippen molar-refractivity contribution in [1.29, 1.82) is 0 Å². The molecule has 0 saturated carbocycles. The Balaban J connectivity index is 1.63. The molecule has 0 aliphatic heterocycles. The number of hydrogen-bond acceptors (Lipinski definition) is 7. The molecule has 1 atom stereocenters. The highest BCUT2D eigenvalue weighted by Gasteiger charge is 2.27. The van der Waals surface area contributed by atoms with Gasteiger partial charge in [-0.2, -0.15) is 13.2 Å². The monoisotopic (exact) mass is 528 g/mol. The Labute approximate surface area is 204 Å². The average Bonchev–Trinajstić information content (AvgIpc) is 3.30. The van der Waals surface area contributed by atoms with Gasteiger partial charge in [0.25, 0.3) is 11.1 Å². The maximum Gasteiger partial charge on any atom is 0.392 e. The maximum absolute atomic E-state index is 12.7. The Bertz CT molecular complexity index is 1240. The first-order valence-electron chi connectivity index (χ1n) is 10.5. The van der Waals surface area contributed by atoms with Gasteiger partial charge in [0.2, 0.25) is 0 Å². The molecular formula is C23H23F3N2O5S2. The van der Waals surface area contributed by atoms with Crippen molar-refractivity contribution < 1.29 is 36.2 Å². The van der Waals surface area contributed by atoms with E-state index in [0.717, 1.165) is 11.3 Å². The van der Waals surface area contributed by atoms with E-state index in [0.29, 0.717) is 22.4 Å². The van der Waals surface area contributed by atoms with Gasteiger partial charge in [-0.05, 0) is 29.8 Å². The highest BCUT2D eigenvalue weighted by atomic mass is 32.2. The second kappa shape index (κ2) is 11.2. The SMILES string of the molecule is CCS(=O)(=O)c1ccc(C(CO)NC(=O)c2ccc(-c3csc(OCCC(F)(F)F)n3)cc2)cc1. The quantitative estimate of drug-likeness (QED) is 0.404. The van der Waals surface area contributed by atoms with Gasteiger partial charge in [0.1, 0.15) is 0 Å². The molecule has 3 rings (SSSR count). The van der Waals surface area contributed by atoms with Crippen LogP contribution in [-0.2, 0) is 9.84 Å². The number of aromatic nitrogens is 1. The molecule has 0 saturated heterocycles. The summed E-state index contributed by atoms with van der Waals surface area (Å²) in [7, 11) is -3.36. The molecule has 1 heterocycles. The van der Waals surface area contributed by atoms with Crippen molar-refractivity contribution in [2.24, 2.45) is 0 Å². The van der Waals surface area contributed by atoms with E-state index in [1.165, 1.54) is 12.1 Å². The number of halogens is 3. The lowest BCUT2D eigenvalue weighted by Crippen LogP contribution is -2.30. The van der Waals surface area contributed by atoms with Crippen molar-refractivity contribution in [2.45, 2.75) is 30.5 Å². The number of carbonyl (C=O) groups is 1. The van der Waals surface area contributed by atoms with Crippen molar-refractivity contribution in [3.05, 3.63) is 65.0 Å². The number of sulfone groups is 1. The second-order valence-electron chi connectivity index (χ2n) is 7.47. The number of thiazole rings is 1. The van der Waals surface area contributed by atoms with Crippen molar-refractivity contribution in [2.75, 3.05) is 19.0 Å². The first kappa shape index (κ1) is 26.6. The number of amides is 1. The predicted molar refractivity (Wildman–Crippen MR) is 125 cm³/mol. The molecular weight excluding hydrogens is 505 g/mol. The average molecular weight is 529 g/mol. The van der Waals surface area contributed by atoms with Crippen molar-refractivity contribution in [3.8, 4) is 16.5 Å². The van der Waals surface area contributed by atoms with E-state index in [-0.39, 0.29) is 22.4 Å². The number of rotatable bonds is 10. The first-order chi connectivity index (χ1) is 16.5. The van der Waals surface area contributed by atoms with E-state index in [2.05, 4.69) is 10.3 Å². The molecule has 0 radical (unpaired) electrons. The molecule has 0 aliphatic rings. The van der Waals surface area contributed by atoms with Crippen LogP contribution in [0.4, 0.5) is 13.2 Å². The normalized spacial score (nSPS) is 12.8. The number of alkyl halides is 3. The molecule has 0 fully saturated rings. The topological polar surface area (TPSA) is 106 Å². The Morgan fingerprint density at radius 1 is 1.14 bits per heavy atom. The number of aliphatic hydroxyl groups is 1. The zero-order valence-corrected chi connectivity index (χ0v) is 20.2. The van der Waals surface area contributed by atoms with Crippen molar-refractivity contribution in [1.82, 2.24) is 10.3 Å². The van der Waals surface area contributed by atoms with Gasteiger partial charge in [0.05, 0.1) is 42.0 Å². The molecule has 0 bridgehead atoms. The highest BCUT2D eigenvalue weighted by Crippen LogP contribution is 2.28. The van der Waals surface area contributed by atoms with Gasteiger partial charge >= 0.3 is 6.18 Å². The van der Waals surface area contributed by atoms with Gasteiger partial charge in [-0.15, -0.1) is 0 Å². The van der Waals surface area contributed by atoms with Crippen LogP contribution in [0.3, 0.4) is 0 Å². The Morgan fingerprint density at radius 2 is 1.80 bits per heavy atom. The summed E-state index contributed by atoms with van der Waals surface area (Å²) in [5.74, 6) is -0.481. The van der Waals surface area contributed by atoms with Crippen LogP contribution >= 0.6 is 11.3 Å². The van der Waals surface area contributed by atoms with E-state index < -0.39 is 41.0 Å². The van der Waals surface area contributed by atoms with Crippen LogP contribution in [0.1, 0.15) is 35.3 Å². The molecule has 1 unspecified atom stereocenters. The number of nitrogens with zero attached hydrogens (tertiary/aromatic N) is 1. The predicted octanol–water partition coefficient (Wildman–Crippen LogP) is 4.40. The largest absolute Gasteiger partial charge is 0.470 e. The first-order valence-corrected chi connectivity index (χ1v) is 13.1. The lowest BCUT2D eigenvalue weighted by molar-refractivity contribution is -0.139. The van der Waals surface area contributed by atoms with E-state index >= 15 is 0 Å². The zero-order chi connectivity index (χ0) is 25.6. The Morgan fingerprint density at radius 3 is 2.37 bits per heavy atom. The van der Waals surface area contributed by atoms with Gasteiger partial charge in [-0.1, -0.05) is 42.5 Å². The molecule has 2 aromatic carbocycles. The molecule has 3 aromatic rings. The maximum atomic E-state index is 12.7. The van der Waals surface area contributed by atoms with Gasteiger partial charge in [0.15, 0.2) is 9.84 Å². The fraction of sp³-hybridized carbons (Fsp3) is 0.304. The molecule has 1 amide bonds. The summed E-state index contributed by atoms with van der Waals surface area (Å²) >= 11 is 1.07. The Hall–Kier alpha value is -2.96. The summed E-state index contributed by atoms with van der Waals surface area (Å²) in [6.45, 7) is 0.642. The number of hydrogen-bond donors (Lipinski definition) is 2. The standard InChI is InChI=1S/C23H23F3N2O5S2/c1-2-35(31,32)18-9-7-15(8-10-18)19(13-29)27-21(30)17-5-3-16(4-6-17)20-14-34-22(28-20)33-12-11-23(24,25)26/h3-10,14,19,29H,2,11-13H2,1H3,(H,27,30). The molecule has 188 valence electrons. The number of aliphatic hydroxyl groups excluding tert-OH is 1. The minimum atomic E-state index is -4.30. The smallest absolute Gasteiger partial charge is 0.392 e. The van der Waals surface area contributed by atoms with Crippen molar-refractivity contribution in [3.63, 3.8) is 0 Å². The third-order valence-corrected chi connectivity index (χ3v) is 7.55. The summed E-state index contributed by atoms with van der Waals surface area (Å²) in [4.78, 5) is 17.0.